The van der Waals surface area contributed by atoms with Gasteiger partial charge in [0, 0.05) is 23.4 Å². The maximum Gasteiger partial charge on any atom is 0.302 e. The second-order valence-corrected chi connectivity index (χ2v) is 9.93. The molecule has 1 saturated heterocycles. The Morgan fingerprint density at radius 2 is 2.00 bits per heavy atom. The van der Waals surface area contributed by atoms with Gasteiger partial charge in [-0.15, -0.1) is 0 Å². The first kappa shape index (κ1) is 22.5. The minimum atomic E-state index is -3.45. The fraction of sp³-hybridized carbons (Fsp3) is 0.478. The normalized spacial score (nSPS) is 26.8. The molecule has 1 aromatic carbocycles. The highest BCUT2D eigenvalue weighted by Crippen LogP contribution is 2.48. The SMILES string of the molecule is CC1(C)OCC(=S)N[C@](C)(c2cc(CC3CCc4cc(Cl)cnc43)ccc2F)C1(F)F. The Morgan fingerprint density at radius 3 is 2.74 bits per heavy atom. The summed E-state index contributed by atoms with van der Waals surface area (Å²) in [5, 5.41) is 3.29. The second-order valence-electron chi connectivity index (χ2n) is 9.00. The number of fused-ring (bicyclic) bond motifs is 1. The van der Waals surface area contributed by atoms with Gasteiger partial charge in [-0.3, -0.25) is 4.98 Å². The van der Waals surface area contributed by atoms with E-state index in [0.717, 1.165) is 29.7 Å². The van der Waals surface area contributed by atoms with Gasteiger partial charge in [0.25, 0.3) is 0 Å². The summed E-state index contributed by atoms with van der Waals surface area (Å²) < 4.78 is 51.7. The molecule has 3 nitrogen and oxygen atoms in total. The van der Waals surface area contributed by atoms with Gasteiger partial charge >= 0.3 is 5.92 Å². The lowest BCUT2D eigenvalue weighted by atomic mass is 9.77. The minimum absolute atomic E-state index is 0.114. The van der Waals surface area contributed by atoms with E-state index in [0.29, 0.717) is 11.4 Å². The molecule has 1 unspecified atom stereocenters. The average Bonchev–Trinajstić information content (AvgIpc) is 3.06. The van der Waals surface area contributed by atoms with Crippen LogP contribution in [0.15, 0.2) is 30.5 Å². The molecule has 0 saturated carbocycles. The predicted molar refractivity (Wildman–Crippen MR) is 118 cm³/mol. The lowest BCUT2D eigenvalue weighted by molar-refractivity contribution is -0.216. The molecule has 1 N–H and O–H groups in total. The molecule has 0 bridgehead atoms. The zero-order chi connectivity index (χ0) is 22.6. The van der Waals surface area contributed by atoms with Crippen LogP contribution >= 0.6 is 23.8 Å². The van der Waals surface area contributed by atoms with Gasteiger partial charge in [0.2, 0.25) is 0 Å². The minimum Gasteiger partial charge on any atom is -0.363 e. The average molecular weight is 469 g/mol. The van der Waals surface area contributed by atoms with Gasteiger partial charge in [-0.2, -0.15) is 0 Å². The smallest absolute Gasteiger partial charge is 0.302 e. The fourth-order valence-electron chi connectivity index (χ4n) is 4.66. The maximum atomic E-state index is 15.7. The summed E-state index contributed by atoms with van der Waals surface area (Å²) >= 11 is 11.2. The number of aryl methyl sites for hydroxylation is 1. The second kappa shape index (κ2) is 7.71. The van der Waals surface area contributed by atoms with Crippen molar-refractivity contribution in [1.29, 1.82) is 0 Å². The van der Waals surface area contributed by atoms with Crippen molar-refractivity contribution in [3.63, 3.8) is 0 Å². The molecule has 166 valence electrons. The number of rotatable bonds is 3. The molecule has 31 heavy (non-hydrogen) atoms. The first-order valence-corrected chi connectivity index (χ1v) is 11.0. The van der Waals surface area contributed by atoms with Crippen LogP contribution < -0.4 is 5.32 Å². The Labute approximate surface area is 190 Å². The summed E-state index contributed by atoms with van der Waals surface area (Å²) in [5.74, 6) is -4.03. The number of thiocarbonyl (C=S) groups is 1. The van der Waals surface area contributed by atoms with Crippen LogP contribution in [0.4, 0.5) is 13.2 Å². The number of ether oxygens (including phenoxy) is 1. The van der Waals surface area contributed by atoms with Crippen molar-refractivity contribution in [3.8, 4) is 0 Å². The van der Waals surface area contributed by atoms with Crippen LogP contribution in [0, 0.1) is 5.82 Å². The number of benzene rings is 1. The largest absolute Gasteiger partial charge is 0.363 e. The topological polar surface area (TPSA) is 34.1 Å². The maximum absolute atomic E-state index is 15.7. The molecule has 1 aliphatic carbocycles. The number of aromatic nitrogens is 1. The first-order chi connectivity index (χ1) is 14.4. The van der Waals surface area contributed by atoms with Crippen molar-refractivity contribution in [3.05, 3.63) is 63.7 Å². The molecule has 2 atom stereocenters. The number of pyridine rings is 1. The number of hydrogen-bond donors (Lipinski definition) is 1. The van der Waals surface area contributed by atoms with Gasteiger partial charge in [-0.1, -0.05) is 36.0 Å². The van der Waals surface area contributed by atoms with Crippen LogP contribution in [0.25, 0.3) is 0 Å². The van der Waals surface area contributed by atoms with Crippen molar-refractivity contribution in [2.45, 2.75) is 63.0 Å². The Morgan fingerprint density at radius 1 is 1.26 bits per heavy atom. The van der Waals surface area contributed by atoms with Crippen molar-refractivity contribution >= 4 is 28.8 Å². The summed E-state index contributed by atoms with van der Waals surface area (Å²) in [5.41, 5.74) is -1.20. The number of alkyl halides is 2. The number of nitrogens with zero attached hydrogens (tertiary/aromatic N) is 1. The molecule has 1 aromatic heterocycles. The highest BCUT2D eigenvalue weighted by molar-refractivity contribution is 7.80. The van der Waals surface area contributed by atoms with Crippen molar-refractivity contribution in [2.24, 2.45) is 0 Å². The quantitative estimate of drug-likeness (QED) is 0.584. The van der Waals surface area contributed by atoms with E-state index in [4.69, 9.17) is 28.6 Å². The Bertz CT molecular complexity index is 1050. The summed E-state index contributed by atoms with van der Waals surface area (Å²) in [6.45, 7) is 3.73. The third-order valence-corrected chi connectivity index (χ3v) is 6.93. The van der Waals surface area contributed by atoms with E-state index in [1.54, 1.807) is 12.3 Å². The number of nitrogens with one attached hydrogen (secondary N) is 1. The van der Waals surface area contributed by atoms with Crippen LogP contribution in [0.3, 0.4) is 0 Å². The molecular formula is C23H24ClF3N2OS. The van der Waals surface area contributed by atoms with Gasteiger partial charge in [0.15, 0.2) is 0 Å². The van der Waals surface area contributed by atoms with Crippen LogP contribution in [-0.4, -0.2) is 28.1 Å². The molecule has 0 radical (unpaired) electrons. The summed E-state index contributed by atoms with van der Waals surface area (Å²) in [6.07, 6.45) is 3.93. The van der Waals surface area contributed by atoms with E-state index < -0.39 is 22.9 Å². The van der Waals surface area contributed by atoms with E-state index >= 15 is 8.78 Å². The lowest BCUT2D eigenvalue weighted by Crippen LogP contribution is -2.62. The fourth-order valence-corrected chi connectivity index (χ4v) is 5.10. The molecule has 2 heterocycles. The molecule has 2 aliphatic rings. The summed E-state index contributed by atoms with van der Waals surface area (Å²) in [6, 6.07) is 6.33. The van der Waals surface area contributed by atoms with Crippen molar-refractivity contribution < 1.29 is 17.9 Å². The molecule has 0 amide bonds. The van der Waals surface area contributed by atoms with Crippen molar-refractivity contribution in [1.82, 2.24) is 10.3 Å². The van der Waals surface area contributed by atoms with E-state index in [-0.39, 0.29) is 23.1 Å². The van der Waals surface area contributed by atoms with Crippen LogP contribution in [0.2, 0.25) is 5.02 Å². The van der Waals surface area contributed by atoms with E-state index in [9.17, 15) is 4.39 Å². The zero-order valence-electron chi connectivity index (χ0n) is 17.6. The monoisotopic (exact) mass is 468 g/mol. The first-order valence-electron chi connectivity index (χ1n) is 10.2. The van der Waals surface area contributed by atoms with Crippen LogP contribution in [0.5, 0.6) is 0 Å². The third-order valence-electron chi connectivity index (χ3n) is 6.51. The number of halogens is 4. The van der Waals surface area contributed by atoms with Crippen LogP contribution in [-0.2, 0) is 23.1 Å². The Kier molecular flexibility index (Phi) is 5.59. The number of hydrogen-bond acceptors (Lipinski definition) is 3. The molecule has 2 aromatic rings. The van der Waals surface area contributed by atoms with Gasteiger partial charge in [0.1, 0.15) is 21.9 Å². The van der Waals surface area contributed by atoms with E-state index in [2.05, 4.69) is 10.3 Å². The molecule has 1 fully saturated rings. The van der Waals surface area contributed by atoms with Gasteiger partial charge in [0.05, 0.1) is 11.6 Å². The molecule has 8 heteroatoms. The summed E-state index contributed by atoms with van der Waals surface area (Å²) in [7, 11) is 0. The summed E-state index contributed by atoms with van der Waals surface area (Å²) in [4.78, 5) is 4.59. The molecule has 4 rings (SSSR count). The standard InChI is InChI=1S/C23H24ClF3N2OS/c1-21(2)23(26,27)22(3,29-19(31)12-30-21)17-9-13(4-7-18(17)25)8-14-5-6-15-10-16(24)11-28-20(14)15/h4,7,9-11,14H,5-6,8,12H2,1-3H3,(H,29,31)/t14?,22-/m1/s1. The highest BCUT2D eigenvalue weighted by atomic mass is 35.5. The van der Waals surface area contributed by atoms with Gasteiger partial charge in [-0.05, 0) is 63.3 Å². The molecule has 1 aliphatic heterocycles. The zero-order valence-corrected chi connectivity index (χ0v) is 19.1. The van der Waals surface area contributed by atoms with Gasteiger partial charge < -0.3 is 10.1 Å². The Hall–Kier alpha value is -1.70. The Balaban J connectivity index is 1.72. The van der Waals surface area contributed by atoms with Crippen LogP contribution in [0.1, 0.15) is 55.5 Å². The van der Waals surface area contributed by atoms with Gasteiger partial charge in [-0.25, -0.2) is 13.2 Å². The highest BCUT2D eigenvalue weighted by Gasteiger charge is 2.64. The molecular weight excluding hydrogens is 445 g/mol. The predicted octanol–water partition coefficient (Wildman–Crippen LogP) is 5.72. The third kappa shape index (κ3) is 3.74. The van der Waals surface area contributed by atoms with E-state index in [1.807, 2.05) is 6.07 Å². The molecule has 0 spiro atoms. The van der Waals surface area contributed by atoms with E-state index in [1.165, 1.54) is 32.9 Å². The van der Waals surface area contributed by atoms with Crippen molar-refractivity contribution in [2.75, 3.05) is 6.61 Å². The lowest BCUT2D eigenvalue weighted by Gasteiger charge is -2.44.